The molecule has 0 aliphatic heterocycles. The van der Waals surface area contributed by atoms with Gasteiger partial charge in [0.05, 0.1) is 0 Å². The Hall–Kier alpha value is 0.349. The smallest absolute Gasteiger partial charge is 0.870 e. The summed E-state index contributed by atoms with van der Waals surface area (Å²) in [5.41, 5.74) is 0. The van der Waals surface area contributed by atoms with E-state index in [4.69, 9.17) is 60.0 Å². The predicted molar refractivity (Wildman–Crippen MR) is 29.3 cm³/mol. The zero-order valence-electron chi connectivity index (χ0n) is 11.7. The van der Waals surface area contributed by atoms with Crippen molar-refractivity contribution in [2.75, 3.05) is 0 Å². The van der Waals surface area contributed by atoms with E-state index >= 15 is 0 Å². The number of hydrogen-bond donors (Lipinski definition) is 0. The van der Waals surface area contributed by atoms with E-state index < -0.39 is 24.6 Å². The van der Waals surface area contributed by atoms with E-state index in [1.807, 2.05) is 0 Å². The molecule has 0 heterocycles. The largest absolute Gasteiger partial charge is 2.00 e. The summed E-state index contributed by atoms with van der Waals surface area (Å²) in [7, 11) is 0. The molecule has 0 amide bonds. The molecule has 16 nitrogen and oxygen atoms in total. The number of carbonyl (C=O) groups is 4. The van der Waals surface area contributed by atoms with Crippen LogP contribution < -0.4 is 40.9 Å². The molecule has 0 saturated heterocycles. The fourth-order valence-electron chi connectivity index (χ4n) is 0. The van der Waals surface area contributed by atoms with Gasteiger partial charge < -0.3 is 81.9 Å². The minimum absolute atomic E-state index is 0. The van der Waals surface area contributed by atoms with E-state index in [1.54, 1.807) is 0 Å². The number of carbonyl (C=O) groups excluding carboxylic acids is 4. The van der Waals surface area contributed by atoms with Crippen molar-refractivity contribution in [3.63, 3.8) is 0 Å². The van der Waals surface area contributed by atoms with E-state index in [-0.39, 0.29) is 132 Å². The molecule has 3 radical (unpaired) electrons. The summed E-state index contributed by atoms with van der Waals surface area (Å²) in [6.45, 7) is 0. The maximum absolute atomic E-state index is 8.33. The van der Waals surface area contributed by atoms with Crippen LogP contribution >= 0.6 is 0 Å². The molecule has 0 unspecified atom stereocenters. The van der Waals surface area contributed by atoms with Gasteiger partial charge in [0.1, 0.15) is 0 Å². The van der Waals surface area contributed by atoms with Crippen LogP contribution in [0.2, 0.25) is 0 Å². The molecule has 0 bridgehead atoms. The summed E-state index contributed by atoms with van der Waals surface area (Å²) in [5.74, 6) is 0. The Kier molecular flexibility index (Phi) is 421. The van der Waals surface area contributed by atoms with Gasteiger partial charge >= 0.3 is 110 Å². The van der Waals surface area contributed by atoms with Crippen LogP contribution in [-0.4, -0.2) is 46.5 Å². The molecule has 26 heavy (non-hydrogen) atoms. The fourth-order valence-corrected chi connectivity index (χ4v) is 0. The third-order valence-corrected chi connectivity index (χ3v) is 0. The van der Waals surface area contributed by atoms with Crippen LogP contribution in [0.15, 0.2) is 0 Å². The minimum Gasteiger partial charge on any atom is -0.870 e. The van der Waals surface area contributed by atoms with Crippen molar-refractivity contribution in [3.05, 3.63) is 0 Å². The summed E-state index contributed by atoms with van der Waals surface area (Å²) in [4.78, 5) is 33.3. The molecule has 0 saturated carbocycles. The van der Waals surface area contributed by atoms with E-state index in [1.165, 1.54) is 0 Å². The average Bonchev–Trinajstić information content (AvgIpc) is 1.76. The molecule has 0 rings (SSSR count). The van der Waals surface area contributed by atoms with Crippen molar-refractivity contribution in [1.82, 2.24) is 0 Å². The predicted octanol–water partition coefficient (Wildman–Crippen LogP) is -10.5. The number of rotatable bonds is 0. The van der Waals surface area contributed by atoms with Crippen LogP contribution in [-0.2, 0) is 110 Å². The Morgan fingerprint density at radius 2 is 0.346 bits per heavy atom. The summed E-state index contributed by atoms with van der Waals surface area (Å²) in [6.07, 6.45) is -9.33. The normalized spacial score (nSPS) is 3.69. The molecule has 0 aromatic rings. The van der Waals surface area contributed by atoms with Crippen molar-refractivity contribution >= 4 is 24.6 Å². The van der Waals surface area contributed by atoms with Gasteiger partial charge in [0.25, 0.3) is 0 Å². The monoisotopic (exact) mass is 689 g/mol. The van der Waals surface area contributed by atoms with Crippen molar-refractivity contribution in [2.24, 2.45) is 0 Å². The molecule has 0 aromatic heterocycles. The molecule has 0 aliphatic rings. The first-order valence-electron chi connectivity index (χ1n) is 2.45. The molecule has 0 fully saturated rings. The Balaban J connectivity index is -0.00000000545. The Morgan fingerprint density at radius 1 is 0.346 bits per heavy atom. The molecular formula is C4H4Cu3O16Zn3. The average molecular weight is 695 g/mol. The Morgan fingerprint density at radius 3 is 0.346 bits per heavy atom. The van der Waals surface area contributed by atoms with Crippen LogP contribution in [0.25, 0.3) is 0 Å². The summed E-state index contributed by atoms with van der Waals surface area (Å²) < 4.78 is 0. The SMILES string of the molecule is O=C([O-])[O-].O=C([O-])[O-].O=C([O-])[O-].O=C([O-])[O-].[Cu+2].[Cu+2].[Cu+2].[OH-].[OH-].[OH-].[OH-].[Zn+2].[Zn+2].[Zn+2]. The minimum atomic E-state index is -2.33. The maximum Gasteiger partial charge on any atom is 2.00 e. The van der Waals surface area contributed by atoms with Crippen LogP contribution in [0.5, 0.6) is 0 Å². The van der Waals surface area contributed by atoms with E-state index in [9.17, 15) is 0 Å². The zero-order chi connectivity index (χ0) is 14.3. The molecule has 0 aromatic carbocycles. The second-order valence-corrected chi connectivity index (χ2v) is 1.00. The number of carboxylic acid groups (broad SMARTS) is 8. The first-order chi connectivity index (χ1) is 6.93. The third-order valence-electron chi connectivity index (χ3n) is 0. The van der Waals surface area contributed by atoms with Crippen LogP contribution in [0.1, 0.15) is 0 Å². The van der Waals surface area contributed by atoms with Gasteiger partial charge in [-0.15, -0.1) is 0 Å². The quantitative estimate of drug-likeness (QED) is 0.212. The van der Waals surface area contributed by atoms with Crippen molar-refractivity contribution in [2.45, 2.75) is 0 Å². The molecule has 0 aliphatic carbocycles. The van der Waals surface area contributed by atoms with Crippen molar-refractivity contribution in [3.8, 4) is 0 Å². The first-order valence-corrected chi connectivity index (χ1v) is 2.45. The Labute approximate surface area is 214 Å². The van der Waals surface area contributed by atoms with Gasteiger partial charge in [-0.2, -0.15) is 0 Å². The first kappa shape index (κ1) is 111. The van der Waals surface area contributed by atoms with Crippen LogP contribution in [0.4, 0.5) is 19.2 Å². The van der Waals surface area contributed by atoms with Crippen molar-refractivity contribution in [1.29, 1.82) is 0 Å². The van der Waals surface area contributed by atoms with Crippen molar-refractivity contribution < 1.29 is 192 Å². The van der Waals surface area contributed by atoms with E-state index in [0.29, 0.717) is 0 Å². The molecule has 4 N–H and O–H groups in total. The molecule has 0 atom stereocenters. The molecule has 0 spiro atoms. The topological polar surface area (TPSA) is 373 Å². The van der Waals surface area contributed by atoms with Gasteiger partial charge in [0.15, 0.2) is 0 Å². The van der Waals surface area contributed by atoms with E-state index in [0.717, 1.165) is 0 Å². The third kappa shape index (κ3) is 109000. The summed E-state index contributed by atoms with van der Waals surface area (Å²) in [6, 6.07) is 0. The Bertz CT molecular complexity index is 181. The second kappa shape index (κ2) is 98.6. The summed E-state index contributed by atoms with van der Waals surface area (Å²) >= 11 is 0. The van der Waals surface area contributed by atoms with Gasteiger partial charge in [-0.25, -0.2) is 0 Å². The van der Waals surface area contributed by atoms with Crippen LogP contribution in [0.3, 0.4) is 0 Å². The van der Waals surface area contributed by atoms with Gasteiger partial charge in [-0.1, -0.05) is 0 Å². The molecule has 22 heteroatoms. The van der Waals surface area contributed by atoms with Gasteiger partial charge in [0, 0.05) is 0 Å². The fraction of sp³-hybridized carbons (Fsp3) is 0. The molecule has 155 valence electrons. The number of hydrogen-bond acceptors (Lipinski definition) is 16. The molecular weight excluding hydrogens is 691 g/mol. The summed E-state index contributed by atoms with van der Waals surface area (Å²) in [5, 5.41) is 66.7. The van der Waals surface area contributed by atoms with Gasteiger partial charge in [-0.05, 0) is 24.6 Å². The second-order valence-electron chi connectivity index (χ2n) is 1.00. The zero-order valence-corrected chi connectivity index (χ0v) is 23.4. The standard InChI is InChI=1S/4CH2O3.3Cu.4H2O.3Zn/c4*2-1(3)4;;;;;;;;;;/h4*(H2,2,3,4);;;;4*1H2;;;/q;;;;3*+2;;;;;3*+2/p-12. The van der Waals surface area contributed by atoms with E-state index in [2.05, 4.69) is 0 Å². The van der Waals surface area contributed by atoms with Crippen LogP contribution in [0, 0.1) is 0 Å². The maximum atomic E-state index is 8.33. The van der Waals surface area contributed by atoms with Gasteiger partial charge in [0.2, 0.25) is 0 Å². The van der Waals surface area contributed by atoms with Gasteiger partial charge in [-0.3, -0.25) is 0 Å².